The van der Waals surface area contributed by atoms with Crippen LogP contribution in [0.15, 0.2) is 84.9 Å². The first-order valence-electron chi connectivity index (χ1n) is 15.6. The van der Waals surface area contributed by atoms with Gasteiger partial charge in [-0.2, -0.15) is 0 Å². The van der Waals surface area contributed by atoms with Crippen molar-refractivity contribution in [1.29, 1.82) is 0 Å². The van der Waals surface area contributed by atoms with Gasteiger partial charge in [-0.05, 0) is 54.9 Å². The summed E-state index contributed by atoms with van der Waals surface area (Å²) >= 11 is 0. The van der Waals surface area contributed by atoms with Crippen LogP contribution in [-0.4, -0.2) is 79.1 Å². The average molecular weight is 615 g/mol. The number of rotatable bonds is 11. The highest BCUT2D eigenvalue weighted by atomic mass is 16.5. The molecule has 0 aromatic heterocycles. The lowest BCUT2D eigenvalue weighted by Gasteiger charge is -2.33. The van der Waals surface area contributed by atoms with Gasteiger partial charge >= 0.3 is 12.2 Å². The fourth-order valence-electron chi connectivity index (χ4n) is 6.44. The van der Waals surface area contributed by atoms with E-state index >= 15 is 0 Å². The molecule has 3 amide bonds. The largest absolute Gasteiger partial charge is 0.465 e. The van der Waals surface area contributed by atoms with E-state index in [2.05, 4.69) is 16.0 Å². The molecule has 10 nitrogen and oxygen atoms in total. The van der Waals surface area contributed by atoms with Crippen LogP contribution in [0.3, 0.4) is 0 Å². The Morgan fingerprint density at radius 1 is 1.00 bits per heavy atom. The van der Waals surface area contributed by atoms with E-state index in [4.69, 9.17) is 9.47 Å². The molecule has 0 saturated carbocycles. The SMILES string of the molecule is COC(=O)N[C@H](C(=O)Nc1ccccc1CC[C@@H]1CN[C@@H](CC2CCCN2C(=O)O)CO1)C(c1ccccc1)c1ccccc1. The Hall–Kier alpha value is -4.41. The summed E-state index contributed by atoms with van der Waals surface area (Å²) < 4.78 is 11.1. The zero-order valence-corrected chi connectivity index (χ0v) is 25.6. The second kappa shape index (κ2) is 15.5. The first kappa shape index (κ1) is 32.0. The second-order valence-corrected chi connectivity index (χ2v) is 11.7. The van der Waals surface area contributed by atoms with Crippen molar-refractivity contribution in [1.82, 2.24) is 15.5 Å². The van der Waals surface area contributed by atoms with Crippen LogP contribution in [0.5, 0.6) is 0 Å². The van der Waals surface area contributed by atoms with Crippen LogP contribution in [0.4, 0.5) is 15.3 Å². The van der Waals surface area contributed by atoms with Gasteiger partial charge in [0, 0.05) is 36.8 Å². The quantitative estimate of drug-likeness (QED) is 0.239. The summed E-state index contributed by atoms with van der Waals surface area (Å²) in [6.07, 6.45) is 2.44. The maximum absolute atomic E-state index is 14.0. The minimum atomic E-state index is -0.949. The van der Waals surface area contributed by atoms with Crippen LogP contribution in [0.1, 0.15) is 48.3 Å². The number of nitrogens with zero attached hydrogens (tertiary/aromatic N) is 1. The Labute approximate surface area is 264 Å². The molecule has 2 aliphatic heterocycles. The van der Waals surface area contributed by atoms with Crippen molar-refractivity contribution in [3.63, 3.8) is 0 Å². The molecule has 3 aromatic carbocycles. The summed E-state index contributed by atoms with van der Waals surface area (Å²) in [5.74, 6) is -0.813. The van der Waals surface area contributed by atoms with Gasteiger partial charge in [0.05, 0.1) is 19.8 Å². The van der Waals surface area contributed by atoms with Crippen LogP contribution in [-0.2, 0) is 20.7 Å². The molecule has 2 heterocycles. The molecule has 4 atom stereocenters. The number of alkyl carbamates (subject to hydrolysis) is 1. The maximum atomic E-state index is 14.0. The van der Waals surface area contributed by atoms with Crippen LogP contribution in [0.2, 0.25) is 0 Å². The summed E-state index contributed by atoms with van der Waals surface area (Å²) in [4.78, 5) is 39.5. The van der Waals surface area contributed by atoms with Gasteiger partial charge in [0.25, 0.3) is 0 Å². The van der Waals surface area contributed by atoms with E-state index < -0.39 is 24.1 Å². The number of benzene rings is 3. The van der Waals surface area contributed by atoms with E-state index in [1.807, 2.05) is 84.9 Å². The molecule has 0 aliphatic carbocycles. The van der Waals surface area contributed by atoms with Crippen molar-refractivity contribution in [2.45, 2.75) is 62.3 Å². The minimum absolute atomic E-state index is 0.00144. The molecule has 4 N–H and O–H groups in total. The topological polar surface area (TPSA) is 129 Å². The lowest BCUT2D eigenvalue weighted by Crippen LogP contribution is -2.49. The van der Waals surface area contributed by atoms with Crippen molar-refractivity contribution >= 4 is 23.8 Å². The molecule has 2 aliphatic rings. The lowest BCUT2D eigenvalue weighted by atomic mass is 9.84. The number of para-hydroxylation sites is 1. The highest BCUT2D eigenvalue weighted by Crippen LogP contribution is 2.30. The molecule has 3 aromatic rings. The van der Waals surface area contributed by atoms with Crippen molar-refractivity contribution in [3.8, 4) is 0 Å². The second-order valence-electron chi connectivity index (χ2n) is 11.7. The summed E-state index contributed by atoms with van der Waals surface area (Å²) in [5.41, 5.74) is 3.41. The fraction of sp³-hybridized carbons (Fsp3) is 0.400. The van der Waals surface area contributed by atoms with E-state index in [1.165, 1.54) is 7.11 Å². The van der Waals surface area contributed by atoms with Gasteiger partial charge in [-0.25, -0.2) is 9.59 Å². The normalized spacial score (nSPS) is 20.4. The summed E-state index contributed by atoms with van der Waals surface area (Å²) in [7, 11) is 1.28. The first-order valence-corrected chi connectivity index (χ1v) is 15.6. The number of morpholine rings is 1. The number of anilines is 1. The van der Waals surface area contributed by atoms with Crippen LogP contribution in [0.25, 0.3) is 0 Å². The number of hydrogen-bond donors (Lipinski definition) is 4. The average Bonchev–Trinajstić information content (AvgIpc) is 3.54. The zero-order chi connectivity index (χ0) is 31.6. The predicted octanol–water partition coefficient (Wildman–Crippen LogP) is 5.00. The summed E-state index contributed by atoms with van der Waals surface area (Å²) in [5, 5.41) is 18.9. The van der Waals surface area contributed by atoms with E-state index in [0.717, 1.165) is 42.4 Å². The van der Waals surface area contributed by atoms with Crippen LogP contribution in [0, 0.1) is 0 Å². The van der Waals surface area contributed by atoms with E-state index in [0.29, 0.717) is 31.8 Å². The third-order valence-electron chi connectivity index (χ3n) is 8.75. The minimum Gasteiger partial charge on any atom is -0.465 e. The monoisotopic (exact) mass is 614 g/mol. The number of carbonyl (C=O) groups is 3. The Kier molecular flexibility index (Phi) is 11.1. The molecule has 5 rings (SSSR count). The molecule has 238 valence electrons. The number of methoxy groups -OCH3 is 1. The summed E-state index contributed by atoms with van der Waals surface area (Å²) in [6.45, 7) is 1.82. The third kappa shape index (κ3) is 8.40. The van der Waals surface area contributed by atoms with Crippen LogP contribution < -0.4 is 16.0 Å². The Balaban J connectivity index is 1.24. The standard InChI is InChI=1S/C35H42N4O6/c1-44-34(41)38-32(31(25-12-4-2-5-13-25)26-14-6-3-7-15-26)33(40)37-30-17-9-8-11-24(30)18-19-29-22-36-27(23-45-29)21-28-16-10-20-39(28)35(42)43/h2-9,11-15,17,27-29,31-32,36H,10,16,18-23H2,1H3,(H,37,40)(H,38,41)(H,42,43)/t27-,28?,29+,32-/m0/s1. The molecular weight excluding hydrogens is 572 g/mol. The van der Waals surface area contributed by atoms with Crippen molar-refractivity contribution in [3.05, 3.63) is 102 Å². The van der Waals surface area contributed by atoms with E-state index in [1.54, 1.807) is 4.90 Å². The smallest absolute Gasteiger partial charge is 0.407 e. The van der Waals surface area contributed by atoms with Gasteiger partial charge in [0.1, 0.15) is 6.04 Å². The molecule has 0 spiro atoms. The van der Waals surface area contributed by atoms with Gasteiger partial charge in [0.2, 0.25) is 5.91 Å². The van der Waals surface area contributed by atoms with Crippen molar-refractivity contribution < 1.29 is 29.0 Å². The number of carbonyl (C=O) groups excluding carboxylic acids is 2. The number of nitrogens with one attached hydrogen (secondary N) is 3. The van der Waals surface area contributed by atoms with Gasteiger partial charge < -0.3 is 35.4 Å². The Morgan fingerprint density at radius 3 is 2.29 bits per heavy atom. The highest BCUT2D eigenvalue weighted by Gasteiger charge is 2.34. The molecule has 2 saturated heterocycles. The Morgan fingerprint density at radius 2 is 1.67 bits per heavy atom. The maximum Gasteiger partial charge on any atom is 0.407 e. The van der Waals surface area contributed by atoms with Crippen LogP contribution >= 0.6 is 0 Å². The molecule has 1 unspecified atom stereocenters. The molecule has 10 heteroatoms. The fourth-order valence-corrected chi connectivity index (χ4v) is 6.44. The molecular formula is C35H42N4O6. The number of amides is 3. The number of likely N-dealkylation sites (tertiary alicyclic amines) is 1. The summed E-state index contributed by atoms with van der Waals surface area (Å²) in [6, 6.07) is 26.2. The number of hydrogen-bond acceptors (Lipinski definition) is 6. The predicted molar refractivity (Wildman–Crippen MR) is 171 cm³/mol. The number of aryl methyl sites for hydroxylation is 1. The van der Waals surface area contributed by atoms with E-state index in [9.17, 15) is 19.5 Å². The van der Waals surface area contributed by atoms with Gasteiger partial charge in [-0.1, -0.05) is 78.9 Å². The highest BCUT2D eigenvalue weighted by molar-refractivity contribution is 5.98. The number of ether oxygens (including phenoxy) is 2. The van der Waals surface area contributed by atoms with Gasteiger partial charge in [-0.15, -0.1) is 0 Å². The molecule has 2 fully saturated rings. The van der Waals surface area contributed by atoms with Crippen molar-refractivity contribution in [2.75, 3.05) is 32.1 Å². The van der Waals surface area contributed by atoms with E-state index in [-0.39, 0.29) is 24.1 Å². The number of carboxylic acid groups (broad SMARTS) is 1. The third-order valence-corrected chi connectivity index (χ3v) is 8.75. The van der Waals surface area contributed by atoms with Crippen molar-refractivity contribution in [2.24, 2.45) is 0 Å². The first-order chi connectivity index (χ1) is 21.9. The lowest BCUT2D eigenvalue weighted by molar-refractivity contribution is -0.118. The Bertz CT molecular complexity index is 1370. The zero-order valence-electron chi connectivity index (χ0n) is 25.6. The molecule has 0 bridgehead atoms. The van der Waals surface area contributed by atoms with Gasteiger partial charge in [0.15, 0.2) is 0 Å². The van der Waals surface area contributed by atoms with Gasteiger partial charge in [-0.3, -0.25) is 4.79 Å². The molecule has 0 radical (unpaired) electrons. The molecule has 45 heavy (non-hydrogen) atoms.